The number of hydrogen-bond acceptors (Lipinski definition) is 3. The number of sulfonamides is 1. The smallest absolute Gasteiger partial charge is 0.240 e. The fourth-order valence-electron chi connectivity index (χ4n) is 4.57. The van der Waals surface area contributed by atoms with Crippen LogP contribution in [0, 0.1) is 0 Å². The van der Waals surface area contributed by atoms with Crippen molar-refractivity contribution in [1.29, 1.82) is 0 Å². The van der Waals surface area contributed by atoms with Crippen LogP contribution in [0.1, 0.15) is 64.5 Å². The molecule has 0 atom stereocenters. The summed E-state index contributed by atoms with van der Waals surface area (Å²) >= 11 is 0. The van der Waals surface area contributed by atoms with Gasteiger partial charge >= 0.3 is 0 Å². The van der Waals surface area contributed by atoms with Gasteiger partial charge in [0.25, 0.3) is 0 Å². The van der Waals surface area contributed by atoms with Gasteiger partial charge in [-0.15, -0.1) is 0 Å². The predicted molar refractivity (Wildman–Crippen MR) is 97.7 cm³/mol. The molecule has 1 fully saturated rings. The van der Waals surface area contributed by atoms with Crippen molar-refractivity contribution in [2.24, 2.45) is 0 Å². The summed E-state index contributed by atoms with van der Waals surface area (Å²) in [5.74, 6) is 0. The minimum Gasteiger partial charge on any atom is -0.307 e. The first-order valence-electron chi connectivity index (χ1n) is 9.00. The van der Waals surface area contributed by atoms with Crippen LogP contribution in [0.2, 0.25) is 0 Å². The van der Waals surface area contributed by atoms with Gasteiger partial charge in [-0.05, 0) is 89.5 Å². The Kier molecular flexibility index (Phi) is 4.56. The predicted octanol–water partition coefficient (Wildman–Crippen LogP) is 3.15. The minimum absolute atomic E-state index is 0.0442. The van der Waals surface area contributed by atoms with E-state index < -0.39 is 10.0 Å². The quantitative estimate of drug-likeness (QED) is 0.880. The molecule has 1 aliphatic heterocycles. The van der Waals surface area contributed by atoms with E-state index in [-0.39, 0.29) is 17.1 Å². The molecular weight excluding hydrogens is 320 g/mol. The summed E-state index contributed by atoms with van der Waals surface area (Å²) in [6.07, 6.45) is 6.00. The van der Waals surface area contributed by atoms with Gasteiger partial charge < -0.3 is 5.32 Å². The molecule has 4 nitrogen and oxygen atoms in total. The largest absolute Gasteiger partial charge is 0.307 e. The Hall–Kier alpha value is -0.910. The second kappa shape index (κ2) is 6.11. The molecule has 0 saturated carbocycles. The van der Waals surface area contributed by atoms with Crippen LogP contribution < -0.4 is 10.0 Å². The number of benzene rings is 1. The molecule has 0 aromatic heterocycles. The van der Waals surface area contributed by atoms with Crippen molar-refractivity contribution >= 4 is 10.0 Å². The van der Waals surface area contributed by atoms with Crippen molar-refractivity contribution in [3.63, 3.8) is 0 Å². The van der Waals surface area contributed by atoms with Gasteiger partial charge in [0.1, 0.15) is 0 Å². The van der Waals surface area contributed by atoms with Gasteiger partial charge in [0.2, 0.25) is 10.0 Å². The monoisotopic (exact) mass is 350 g/mol. The highest BCUT2D eigenvalue weighted by Crippen LogP contribution is 2.30. The van der Waals surface area contributed by atoms with Crippen LogP contribution >= 0.6 is 0 Å². The zero-order valence-electron chi connectivity index (χ0n) is 15.3. The highest BCUT2D eigenvalue weighted by atomic mass is 32.2. The lowest BCUT2D eigenvalue weighted by Gasteiger charge is -2.46. The molecule has 3 rings (SSSR count). The van der Waals surface area contributed by atoms with E-state index in [0.717, 1.165) is 32.1 Å². The number of hydrogen-bond donors (Lipinski definition) is 2. The molecule has 0 radical (unpaired) electrons. The van der Waals surface area contributed by atoms with E-state index in [1.165, 1.54) is 17.5 Å². The second-order valence-electron chi connectivity index (χ2n) is 8.76. The van der Waals surface area contributed by atoms with E-state index in [9.17, 15) is 8.42 Å². The van der Waals surface area contributed by atoms with Crippen molar-refractivity contribution in [3.05, 3.63) is 29.3 Å². The Bertz CT molecular complexity index is 707. The van der Waals surface area contributed by atoms with E-state index in [1.807, 2.05) is 12.1 Å². The van der Waals surface area contributed by atoms with Gasteiger partial charge in [0.15, 0.2) is 0 Å². The van der Waals surface area contributed by atoms with Gasteiger partial charge in [-0.1, -0.05) is 6.07 Å². The Morgan fingerprint density at radius 1 is 1.00 bits per heavy atom. The van der Waals surface area contributed by atoms with Gasteiger partial charge in [-0.2, -0.15) is 0 Å². The van der Waals surface area contributed by atoms with Crippen LogP contribution in [-0.4, -0.2) is 25.5 Å². The lowest BCUT2D eigenvalue weighted by Crippen LogP contribution is -2.62. The normalized spacial score (nSPS) is 23.7. The van der Waals surface area contributed by atoms with Crippen LogP contribution in [0.4, 0.5) is 0 Å². The fourth-order valence-corrected chi connectivity index (χ4v) is 5.86. The zero-order valence-corrected chi connectivity index (χ0v) is 16.1. The maximum Gasteiger partial charge on any atom is 0.240 e. The van der Waals surface area contributed by atoms with E-state index in [4.69, 9.17) is 0 Å². The number of piperidine rings is 1. The van der Waals surface area contributed by atoms with Crippen molar-refractivity contribution in [3.8, 4) is 0 Å². The topological polar surface area (TPSA) is 58.2 Å². The summed E-state index contributed by atoms with van der Waals surface area (Å²) in [6.45, 7) is 8.53. The summed E-state index contributed by atoms with van der Waals surface area (Å²) in [6, 6.07) is 5.61. The van der Waals surface area contributed by atoms with Crippen LogP contribution in [0.5, 0.6) is 0 Å². The Morgan fingerprint density at radius 3 is 2.21 bits per heavy atom. The first-order chi connectivity index (χ1) is 11.1. The van der Waals surface area contributed by atoms with Crippen molar-refractivity contribution < 1.29 is 8.42 Å². The van der Waals surface area contributed by atoms with Gasteiger partial charge in [-0.3, -0.25) is 0 Å². The molecular formula is C19H30N2O2S. The van der Waals surface area contributed by atoms with E-state index in [2.05, 4.69) is 37.7 Å². The van der Waals surface area contributed by atoms with E-state index in [1.54, 1.807) is 6.07 Å². The standard InChI is InChI=1S/C19H30N2O2S/c1-18(2)12-16(13-19(3,4)21-18)20-24(22,23)17-10-9-14-7-5-6-8-15(14)11-17/h9-11,16,20-21H,5-8,12-13H2,1-4H3. The van der Waals surface area contributed by atoms with Crippen LogP contribution in [0.3, 0.4) is 0 Å². The molecule has 0 unspecified atom stereocenters. The van der Waals surface area contributed by atoms with E-state index in [0.29, 0.717) is 4.90 Å². The summed E-state index contributed by atoms with van der Waals surface area (Å²) in [5, 5.41) is 3.59. The summed E-state index contributed by atoms with van der Waals surface area (Å²) in [5.41, 5.74) is 2.36. The molecule has 0 bridgehead atoms. The Labute approximate surface area is 146 Å². The first kappa shape index (κ1) is 17.9. The lowest BCUT2D eigenvalue weighted by atomic mass is 9.80. The third-order valence-corrected chi connectivity index (χ3v) is 6.66. The van der Waals surface area contributed by atoms with Crippen molar-refractivity contribution in [2.45, 2.75) is 88.2 Å². The van der Waals surface area contributed by atoms with Crippen molar-refractivity contribution in [1.82, 2.24) is 10.0 Å². The molecule has 1 aromatic rings. The van der Waals surface area contributed by atoms with E-state index >= 15 is 0 Å². The Balaban J connectivity index is 1.81. The number of nitrogens with one attached hydrogen (secondary N) is 2. The van der Waals surface area contributed by atoms with Gasteiger partial charge in [0, 0.05) is 17.1 Å². The van der Waals surface area contributed by atoms with Crippen molar-refractivity contribution in [2.75, 3.05) is 0 Å². The number of fused-ring (bicyclic) bond motifs is 1. The highest BCUT2D eigenvalue weighted by molar-refractivity contribution is 7.89. The maximum absolute atomic E-state index is 12.9. The molecule has 1 aliphatic carbocycles. The molecule has 1 heterocycles. The second-order valence-corrected chi connectivity index (χ2v) is 10.5. The Morgan fingerprint density at radius 2 is 1.58 bits per heavy atom. The average molecular weight is 351 g/mol. The zero-order chi connectivity index (χ0) is 17.6. The molecule has 0 spiro atoms. The SMILES string of the molecule is CC1(C)CC(NS(=O)(=O)c2ccc3c(c2)CCCC3)CC(C)(C)N1. The molecule has 1 aromatic carbocycles. The van der Waals surface area contributed by atoms with Crippen LogP contribution in [0.25, 0.3) is 0 Å². The summed E-state index contributed by atoms with van der Waals surface area (Å²) < 4.78 is 28.7. The minimum atomic E-state index is -3.47. The molecule has 24 heavy (non-hydrogen) atoms. The molecule has 0 amide bonds. The van der Waals surface area contributed by atoms with Gasteiger partial charge in [-0.25, -0.2) is 13.1 Å². The van der Waals surface area contributed by atoms with Gasteiger partial charge in [0.05, 0.1) is 4.90 Å². The molecule has 2 N–H and O–H groups in total. The highest BCUT2D eigenvalue weighted by Gasteiger charge is 2.39. The number of aryl methyl sites for hydroxylation is 2. The maximum atomic E-state index is 12.9. The summed E-state index contributed by atoms with van der Waals surface area (Å²) in [4.78, 5) is 0.414. The summed E-state index contributed by atoms with van der Waals surface area (Å²) in [7, 11) is -3.47. The van der Waals surface area contributed by atoms with Crippen LogP contribution in [-0.2, 0) is 22.9 Å². The molecule has 1 saturated heterocycles. The lowest BCUT2D eigenvalue weighted by molar-refractivity contribution is 0.157. The fraction of sp³-hybridized carbons (Fsp3) is 0.684. The first-order valence-corrected chi connectivity index (χ1v) is 10.5. The molecule has 134 valence electrons. The third-order valence-electron chi connectivity index (χ3n) is 5.14. The third kappa shape index (κ3) is 4.01. The molecule has 5 heteroatoms. The molecule has 2 aliphatic rings. The average Bonchev–Trinajstić information content (AvgIpc) is 2.42. The van der Waals surface area contributed by atoms with Crippen LogP contribution in [0.15, 0.2) is 23.1 Å². The number of rotatable bonds is 3.